The second-order valence-electron chi connectivity index (χ2n) is 7.31. The Morgan fingerprint density at radius 3 is 2.24 bits per heavy atom. The number of aryl methyl sites for hydroxylation is 1. The fraction of sp³-hybridized carbons (Fsp3) is 0.136. The van der Waals surface area contributed by atoms with Crippen molar-refractivity contribution in [2.75, 3.05) is 0 Å². The van der Waals surface area contributed by atoms with Crippen LogP contribution in [0.3, 0.4) is 0 Å². The van der Waals surface area contributed by atoms with E-state index in [1.54, 1.807) is 23.5 Å². The number of hydrazone groups is 1. The molecule has 2 aromatic carbocycles. The molecule has 0 atom stereocenters. The van der Waals surface area contributed by atoms with Gasteiger partial charge in [-0.05, 0) is 55.0 Å². The molecule has 0 radical (unpaired) electrons. The van der Waals surface area contributed by atoms with Crippen molar-refractivity contribution in [3.8, 4) is 0 Å². The summed E-state index contributed by atoms with van der Waals surface area (Å²) in [5.41, 5.74) is -0.674. The Balaban J connectivity index is 1.64. The highest BCUT2D eigenvalue weighted by molar-refractivity contribution is 5.98. The van der Waals surface area contributed by atoms with Gasteiger partial charge in [-0.25, -0.2) is 10.2 Å². The lowest BCUT2D eigenvalue weighted by Gasteiger charge is -2.12. The third-order valence-corrected chi connectivity index (χ3v) is 4.95. The number of nitrogens with one attached hydrogen (secondary N) is 1. The van der Waals surface area contributed by atoms with Crippen molar-refractivity contribution in [2.24, 2.45) is 5.10 Å². The molecule has 0 bridgehead atoms. The number of nitrogens with zero attached hydrogens (tertiary/aromatic N) is 2. The maximum atomic E-state index is 13.0. The Kier molecular flexibility index (Phi) is 5.46. The Bertz CT molecular complexity index is 1480. The van der Waals surface area contributed by atoms with E-state index in [9.17, 15) is 35.9 Å². The van der Waals surface area contributed by atoms with E-state index in [0.29, 0.717) is 23.9 Å². The smallest absolute Gasteiger partial charge is 0.405 e. The summed E-state index contributed by atoms with van der Waals surface area (Å²) in [4.78, 5) is 24.6. The molecule has 0 fully saturated rings. The monoisotopic (exact) mass is 481 g/mol. The van der Waals surface area contributed by atoms with Crippen LogP contribution in [-0.4, -0.2) is 16.5 Å². The first-order valence-electron chi connectivity index (χ1n) is 9.52. The number of carbonyl (C=O) groups excluding carboxylic acids is 1. The number of alkyl halides is 6. The van der Waals surface area contributed by atoms with Gasteiger partial charge in [0.25, 0.3) is 5.91 Å². The second kappa shape index (κ2) is 8.04. The minimum absolute atomic E-state index is 0.00840. The minimum atomic E-state index is -5.01. The van der Waals surface area contributed by atoms with Crippen molar-refractivity contribution in [3.05, 3.63) is 86.9 Å². The lowest BCUT2D eigenvalue weighted by Crippen LogP contribution is -2.18. The van der Waals surface area contributed by atoms with Gasteiger partial charge in [-0.2, -0.15) is 31.4 Å². The summed E-state index contributed by atoms with van der Waals surface area (Å²) in [7, 11) is 0. The molecule has 0 unspecified atom stereocenters. The number of hydrogen-bond donors (Lipinski definition) is 1. The number of benzene rings is 2. The highest BCUT2D eigenvalue weighted by Gasteiger charge is 2.36. The van der Waals surface area contributed by atoms with Gasteiger partial charge < -0.3 is 4.42 Å². The number of halogens is 6. The largest absolute Gasteiger partial charge is 0.416 e. The summed E-state index contributed by atoms with van der Waals surface area (Å²) in [6, 6.07) is 8.30. The lowest BCUT2D eigenvalue weighted by molar-refractivity contribution is -0.143. The van der Waals surface area contributed by atoms with E-state index in [0.717, 1.165) is 5.69 Å². The van der Waals surface area contributed by atoms with Gasteiger partial charge in [0.1, 0.15) is 0 Å². The zero-order chi connectivity index (χ0) is 24.8. The van der Waals surface area contributed by atoms with Crippen LogP contribution in [0.1, 0.15) is 32.7 Å². The molecule has 4 rings (SSSR count). The quantitative estimate of drug-likeness (QED) is 0.250. The van der Waals surface area contributed by atoms with Gasteiger partial charge in [-0.1, -0.05) is 0 Å². The van der Waals surface area contributed by atoms with Crippen molar-refractivity contribution in [3.63, 3.8) is 0 Å². The molecule has 0 saturated heterocycles. The van der Waals surface area contributed by atoms with Crippen molar-refractivity contribution >= 4 is 28.7 Å². The van der Waals surface area contributed by atoms with Crippen LogP contribution in [0.25, 0.3) is 16.6 Å². The van der Waals surface area contributed by atoms with Crippen molar-refractivity contribution in [1.82, 2.24) is 9.83 Å². The van der Waals surface area contributed by atoms with E-state index in [1.165, 1.54) is 18.2 Å². The summed E-state index contributed by atoms with van der Waals surface area (Å²) in [6.07, 6.45) is -9.34. The van der Waals surface area contributed by atoms with Crippen molar-refractivity contribution in [1.29, 1.82) is 0 Å². The Hall–Kier alpha value is -4.09. The van der Waals surface area contributed by atoms with Gasteiger partial charge in [0, 0.05) is 17.3 Å². The molecule has 0 aliphatic heterocycles. The molecule has 0 aliphatic carbocycles. The summed E-state index contributed by atoms with van der Waals surface area (Å²) >= 11 is 0. The zero-order valence-electron chi connectivity index (χ0n) is 17.1. The van der Waals surface area contributed by atoms with Crippen LogP contribution in [0.2, 0.25) is 0 Å². The number of amides is 1. The van der Waals surface area contributed by atoms with E-state index >= 15 is 0 Å². The highest BCUT2D eigenvalue weighted by atomic mass is 19.4. The molecule has 176 valence electrons. The first-order chi connectivity index (χ1) is 15.8. The molecule has 12 heteroatoms. The number of fused-ring (bicyclic) bond motifs is 3. The Labute approximate surface area is 186 Å². The molecular weight excluding hydrogens is 468 g/mol. The van der Waals surface area contributed by atoms with E-state index in [-0.39, 0.29) is 22.7 Å². The second-order valence-corrected chi connectivity index (χ2v) is 7.31. The van der Waals surface area contributed by atoms with E-state index in [2.05, 4.69) is 10.5 Å². The average Bonchev–Trinajstić information content (AvgIpc) is 3.12. The molecule has 4 aromatic rings. The molecule has 1 N–H and O–H groups in total. The van der Waals surface area contributed by atoms with Crippen LogP contribution in [-0.2, 0) is 12.4 Å². The third-order valence-electron chi connectivity index (χ3n) is 4.95. The topological polar surface area (TPSA) is 76.1 Å². The van der Waals surface area contributed by atoms with E-state index < -0.39 is 40.6 Å². The third kappa shape index (κ3) is 4.38. The van der Waals surface area contributed by atoms with Crippen LogP contribution >= 0.6 is 0 Å². The maximum Gasteiger partial charge on any atom is 0.416 e. The van der Waals surface area contributed by atoms with Crippen molar-refractivity contribution < 1.29 is 35.6 Å². The zero-order valence-corrected chi connectivity index (χ0v) is 17.1. The average molecular weight is 481 g/mol. The normalized spacial score (nSPS) is 12.7. The van der Waals surface area contributed by atoms with E-state index in [1.807, 2.05) is 0 Å². The van der Waals surface area contributed by atoms with Crippen LogP contribution in [0.5, 0.6) is 0 Å². The number of rotatable bonds is 3. The molecular formula is C22H13F6N3O3. The number of carbonyl (C=O) groups is 1. The molecule has 6 nitrogen and oxygen atoms in total. The Morgan fingerprint density at radius 2 is 1.62 bits per heavy atom. The van der Waals surface area contributed by atoms with Crippen LogP contribution in [0.4, 0.5) is 26.3 Å². The predicted octanol–water partition coefficient (Wildman–Crippen LogP) is 5.16. The van der Waals surface area contributed by atoms with Gasteiger partial charge in [0.05, 0.1) is 28.2 Å². The van der Waals surface area contributed by atoms with Crippen LogP contribution in [0.15, 0.2) is 62.8 Å². The van der Waals surface area contributed by atoms with Gasteiger partial charge in [0.2, 0.25) is 5.71 Å². The van der Waals surface area contributed by atoms with Gasteiger partial charge in [-0.15, -0.1) is 0 Å². The van der Waals surface area contributed by atoms with Crippen LogP contribution in [0, 0.1) is 6.92 Å². The van der Waals surface area contributed by atoms with Gasteiger partial charge in [0.15, 0.2) is 0 Å². The van der Waals surface area contributed by atoms with Crippen LogP contribution < -0.4 is 11.1 Å². The first-order valence-corrected chi connectivity index (χ1v) is 9.52. The molecule has 2 heterocycles. The summed E-state index contributed by atoms with van der Waals surface area (Å²) < 4.78 is 84.6. The number of hydrogen-bond acceptors (Lipinski definition) is 4. The maximum absolute atomic E-state index is 13.0. The van der Waals surface area contributed by atoms with Crippen molar-refractivity contribution in [2.45, 2.75) is 19.3 Å². The van der Waals surface area contributed by atoms with Gasteiger partial charge in [-0.3, -0.25) is 9.20 Å². The Morgan fingerprint density at radius 1 is 0.971 bits per heavy atom. The molecule has 0 saturated carbocycles. The first kappa shape index (κ1) is 23.1. The minimum Gasteiger partial charge on any atom is -0.405 e. The molecule has 1 amide bonds. The fourth-order valence-corrected chi connectivity index (χ4v) is 3.37. The SMILES string of the molecule is Cc1ccc2oc(=O)c3ccc(C(=O)NN=Cc4cc(C(F)(F)F)cc(C(F)(F)F)c4)cc3n12. The summed E-state index contributed by atoms with van der Waals surface area (Å²) in [5.74, 6) is -0.799. The van der Waals surface area contributed by atoms with Gasteiger partial charge >= 0.3 is 18.0 Å². The van der Waals surface area contributed by atoms with E-state index in [4.69, 9.17) is 4.42 Å². The standard InChI is InChI=1S/C22H13F6N3O3/c1-11-2-5-18-31(11)17-8-13(3-4-16(17)20(33)34-18)19(32)30-29-10-12-6-14(21(23,24)25)9-15(7-12)22(26,27)28/h2-10H,1H3,(H,30,32). The summed E-state index contributed by atoms with van der Waals surface area (Å²) in [5, 5.41) is 3.69. The summed E-state index contributed by atoms with van der Waals surface area (Å²) in [6.45, 7) is 1.76. The fourth-order valence-electron chi connectivity index (χ4n) is 3.37. The predicted molar refractivity (Wildman–Crippen MR) is 110 cm³/mol. The highest BCUT2D eigenvalue weighted by Crippen LogP contribution is 2.36. The molecule has 34 heavy (non-hydrogen) atoms. The lowest BCUT2D eigenvalue weighted by atomic mass is 10.1. The molecule has 0 aliphatic rings. The molecule has 0 spiro atoms. The number of aromatic nitrogens is 1. The molecule has 2 aromatic heterocycles.